The van der Waals surface area contributed by atoms with E-state index in [1.54, 1.807) is 6.20 Å². The number of H-pyrrole nitrogens is 1. The van der Waals surface area contributed by atoms with Gasteiger partial charge in [0.15, 0.2) is 0 Å². The van der Waals surface area contributed by atoms with Crippen molar-refractivity contribution in [3.8, 4) is 0 Å². The van der Waals surface area contributed by atoms with E-state index >= 15 is 0 Å². The van der Waals surface area contributed by atoms with E-state index in [-0.39, 0.29) is 5.63 Å². The van der Waals surface area contributed by atoms with E-state index < -0.39 is 0 Å². The number of pyridine rings is 1. The quantitative estimate of drug-likeness (QED) is 0.696. The Hall–Kier alpha value is -2.10. The van der Waals surface area contributed by atoms with Gasteiger partial charge >= 0.3 is 5.63 Å². The molecule has 0 aliphatic rings. The molecule has 86 valence electrons. The van der Waals surface area contributed by atoms with Crippen LogP contribution < -0.4 is 5.63 Å². The fourth-order valence-corrected chi connectivity index (χ4v) is 2.13. The zero-order valence-electron chi connectivity index (χ0n) is 9.65. The van der Waals surface area contributed by atoms with Gasteiger partial charge in [-0.3, -0.25) is 4.98 Å². The first-order chi connectivity index (χ1) is 8.18. The molecule has 1 aromatic carbocycles. The highest BCUT2D eigenvalue weighted by Crippen LogP contribution is 2.27. The Balaban J connectivity index is 2.52. The second-order valence-electron chi connectivity index (χ2n) is 4.44. The lowest BCUT2D eigenvalue weighted by Crippen LogP contribution is -1.95. The Kier molecular flexibility index (Phi) is 2.04. The predicted octanol–water partition coefficient (Wildman–Crippen LogP) is 2.79. The maximum atomic E-state index is 11.4. The monoisotopic (exact) mass is 228 g/mol. The second-order valence-corrected chi connectivity index (χ2v) is 4.44. The van der Waals surface area contributed by atoms with Gasteiger partial charge in [-0.2, -0.15) is 0 Å². The molecule has 0 spiro atoms. The first-order valence-corrected chi connectivity index (χ1v) is 5.57. The molecule has 1 N–H and O–H groups in total. The number of nitrogens with zero attached hydrogens (tertiary/aromatic N) is 1. The van der Waals surface area contributed by atoms with Crippen molar-refractivity contribution < 1.29 is 4.52 Å². The van der Waals surface area contributed by atoms with E-state index in [1.165, 1.54) is 5.56 Å². The van der Waals surface area contributed by atoms with Crippen LogP contribution in [0.1, 0.15) is 25.3 Å². The van der Waals surface area contributed by atoms with Crippen LogP contribution in [0.15, 0.2) is 33.7 Å². The van der Waals surface area contributed by atoms with Crippen molar-refractivity contribution >= 4 is 21.8 Å². The number of fused-ring (bicyclic) bond motifs is 3. The van der Waals surface area contributed by atoms with Crippen LogP contribution in [0.4, 0.5) is 0 Å². The van der Waals surface area contributed by atoms with Crippen LogP contribution in [0, 0.1) is 0 Å². The van der Waals surface area contributed by atoms with Gasteiger partial charge in [0.2, 0.25) is 0 Å². The lowest BCUT2D eigenvalue weighted by Gasteiger charge is -2.08. The van der Waals surface area contributed by atoms with Gasteiger partial charge in [-0.25, -0.2) is 9.95 Å². The highest BCUT2D eigenvalue weighted by molar-refractivity contribution is 6.03. The van der Waals surface area contributed by atoms with Crippen LogP contribution in [0.2, 0.25) is 0 Å². The summed E-state index contributed by atoms with van der Waals surface area (Å²) in [6.45, 7) is 4.25. The van der Waals surface area contributed by atoms with Gasteiger partial charge in [0.1, 0.15) is 5.39 Å². The van der Waals surface area contributed by atoms with Crippen molar-refractivity contribution in [1.29, 1.82) is 0 Å². The van der Waals surface area contributed by atoms with Crippen LogP contribution >= 0.6 is 0 Å². The third kappa shape index (κ3) is 1.37. The van der Waals surface area contributed by atoms with Crippen LogP contribution in [-0.4, -0.2) is 10.1 Å². The SMILES string of the molecule is CC(C)c1cccc2c1ncc1c(=O)o[nH]c12. The number of rotatable bonds is 1. The molecule has 0 saturated heterocycles. The molecule has 4 nitrogen and oxygen atoms in total. The van der Waals surface area contributed by atoms with Gasteiger partial charge in [-0.05, 0) is 11.5 Å². The number of hydrogen-bond acceptors (Lipinski definition) is 3. The Morgan fingerprint density at radius 1 is 1.29 bits per heavy atom. The molecule has 0 radical (unpaired) electrons. The molecular weight excluding hydrogens is 216 g/mol. The van der Waals surface area contributed by atoms with Crippen LogP contribution in [-0.2, 0) is 0 Å². The highest BCUT2D eigenvalue weighted by atomic mass is 16.5. The van der Waals surface area contributed by atoms with Crippen molar-refractivity contribution in [2.75, 3.05) is 0 Å². The smallest absolute Gasteiger partial charge is 0.338 e. The van der Waals surface area contributed by atoms with Gasteiger partial charge in [-0.15, -0.1) is 0 Å². The fraction of sp³-hybridized carbons (Fsp3) is 0.231. The summed E-state index contributed by atoms with van der Waals surface area (Å²) in [7, 11) is 0. The zero-order valence-corrected chi connectivity index (χ0v) is 9.65. The summed E-state index contributed by atoms with van der Waals surface area (Å²) in [5, 5.41) is 4.10. The molecule has 0 saturated carbocycles. The minimum absolute atomic E-state index is 0.371. The molecule has 0 atom stereocenters. The van der Waals surface area contributed by atoms with E-state index in [2.05, 4.69) is 30.1 Å². The number of para-hydroxylation sites is 1. The van der Waals surface area contributed by atoms with E-state index in [0.717, 1.165) is 16.4 Å². The average molecular weight is 228 g/mol. The standard InChI is InChI=1S/C13H12N2O2/c1-7(2)8-4-3-5-9-11(8)14-6-10-12(9)15-17-13(10)16/h3-7,15H,1-2H3. The number of hydrogen-bond donors (Lipinski definition) is 1. The molecule has 3 rings (SSSR count). The van der Waals surface area contributed by atoms with Crippen LogP contribution in [0.3, 0.4) is 0 Å². The van der Waals surface area contributed by atoms with Crippen molar-refractivity contribution in [2.24, 2.45) is 0 Å². The lowest BCUT2D eigenvalue weighted by molar-refractivity contribution is 0.400. The maximum Gasteiger partial charge on any atom is 0.366 e. The lowest BCUT2D eigenvalue weighted by atomic mass is 9.99. The maximum absolute atomic E-state index is 11.4. The topological polar surface area (TPSA) is 58.9 Å². The first kappa shape index (κ1) is 10.1. The van der Waals surface area contributed by atoms with Crippen molar-refractivity contribution in [3.63, 3.8) is 0 Å². The van der Waals surface area contributed by atoms with E-state index in [9.17, 15) is 4.79 Å². The number of aromatic amines is 1. The second kappa shape index (κ2) is 3.45. The summed E-state index contributed by atoms with van der Waals surface area (Å²) < 4.78 is 4.80. The number of benzene rings is 1. The molecule has 0 amide bonds. The molecular formula is C13H12N2O2. The van der Waals surface area contributed by atoms with Gasteiger partial charge in [0.25, 0.3) is 0 Å². The minimum atomic E-state index is -0.371. The molecule has 4 heteroatoms. The normalized spacial score (nSPS) is 11.7. The van der Waals surface area contributed by atoms with Crippen molar-refractivity contribution in [3.05, 3.63) is 40.4 Å². The average Bonchev–Trinajstić information content (AvgIpc) is 2.70. The third-order valence-corrected chi connectivity index (χ3v) is 3.02. The molecule has 0 fully saturated rings. The fourth-order valence-electron chi connectivity index (χ4n) is 2.13. The Morgan fingerprint density at radius 3 is 2.88 bits per heavy atom. The van der Waals surface area contributed by atoms with Crippen LogP contribution in [0.5, 0.6) is 0 Å². The summed E-state index contributed by atoms with van der Waals surface area (Å²) in [5.74, 6) is 0.391. The van der Waals surface area contributed by atoms with E-state index in [4.69, 9.17) is 4.52 Å². The van der Waals surface area contributed by atoms with Crippen LogP contribution in [0.25, 0.3) is 21.8 Å². The molecule has 0 aliphatic carbocycles. The van der Waals surface area contributed by atoms with Gasteiger partial charge < -0.3 is 4.52 Å². The summed E-state index contributed by atoms with van der Waals surface area (Å²) in [6.07, 6.45) is 1.58. The third-order valence-electron chi connectivity index (χ3n) is 3.02. The first-order valence-electron chi connectivity index (χ1n) is 5.57. The molecule has 17 heavy (non-hydrogen) atoms. The summed E-state index contributed by atoms with van der Waals surface area (Å²) in [5.41, 5.74) is 2.45. The summed E-state index contributed by atoms with van der Waals surface area (Å²) >= 11 is 0. The number of aromatic nitrogens is 2. The van der Waals surface area contributed by atoms with Gasteiger partial charge in [0.05, 0.1) is 11.0 Å². The van der Waals surface area contributed by atoms with Crippen molar-refractivity contribution in [1.82, 2.24) is 10.1 Å². The Bertz CT molecular complexity index is 753. The Labute approximate surface area is 97.2 Å². The number of nitrogens with one attached hydrogen (secondary N) is 1. The minimum Gasteiger partial charge on any atom is -0.338 e. The largest absolute Gasteiger partial charge is 0.366 e. The molecule has 0 bridgehead atoms. The molecule has 3 aromatic rings. The van der Waals surface area contributed by atoms with Crippen molar-refractivity contribution in [2.45, 2.75) is 19.8 Å². The highest BCUT2D eigenvalue weighted by Gasteiger charge is 2.11. The summed E-state index contributed by atoms with van der Waals surface area (Å²) in [6, 6.07) is 5.98. The van der Waals surface area contributed by atoms with E-state index in [0.29, 0.717) is 11.3 Å². The molecule has 0 aliphatic heterocycles. The van der Waals surface area contributed by atoms with E-state index in [1.807, 2.05) is 12.1 Å². The van der Waals surface area contributed by atoms with Gasteiger partial charge in [-0.1, -0.05) is 32.0 Å². The predicted molar refractivity (Wildman–Crippen MR) is 66.2 cm³/mol. The molecule has 0 unspecified atom stereocenters. The van der Waals surface area contributed by atoms with Gasteiger partial charge in [0, 0.05) is 11.6 Å². The summed E-state index contributed by atoms with van der Waals surface area (Å²) in [4.78, 5) is 15.8. The zero-order chi connectivity index (χ0) is 12.0. The molecule has 2 aromatic heterocycles. The molecule has 2 heterocycles. The Morgan fingerprint density at radius 2 is 2.12 bits per heavy atom.